The summed E-state index contributed by atoms with van der Waals surface area (Å²) in [5.41, 5.74) is 3.20. The van der Waals surface area contributed by atoms with Gasteiger partial charge in [0.05, 0.1) is 17.6 Å². The van der Waals surface area contributed by atoms with Crippen molar-refractivity contribution in [3.63, 3.8) is 0 Å². The van der Waals surface area contributed by atoms with Crippen molar-refractivity contribution in [3.05, 3.63) is 82.9 Å². The van der Waals surface area contributed by atoms with Crippen molar-refractivity contribution >= 4 is 5.97 Å². The van der Waals surface area contributed by atoms with E-state index in [0.717, 1.165) is 16.7 Å². The molecule has 2 aliphatic heterocycles. The molecule has 9 heteroatoms. The number of fused-ring (bicyclic) bond motifs is 2. The van der Waals surface area contributed by atoms with Gasteiger partial charge in [-0.1, -0.05) is 24.3 Å². The molecule has 2 heterocycles. The van der Waals surface area contributed by atoms with E-state index in [0.29, 0.717) is 41.7 Å². The van der Waals surface area contributed by atoms with Crippen LogP contribution in [0.25, 0.3) is 0 Å². The molecule has 2 unspecified atom stereocenters. The average Bonchev–Trinajstić information content (AvgIpc) is 3.56. The van der Waals surface area contributed by atoms with Crippen molar-refractivity contribution in [2.24, 2.45) is 5.92 Å². The topological polar surface area (TPSA) is 122 Å². The van der Waals surface area contributed by atoms with Gasteiger partial charge < -0.3 is 34.7 Å². The molecule has 0 radical (unpaired) electrons. The summed E-state index contributed by atoms with van der Waals surface area (Å²) in [5, 5.41) is 26.0. The van der Waals surface area contributed by atoms with Gasteiger partial charge in [-0.05, 0) is 53.1 Å². The van der Waals surface area contributed by atoms with Crippen molar-refractivity contribution in [1.29, 1.82) is 5.26 Å². The van der Waals surface area contributed by atoms with Crippen LogP contribution < -0.4 is 29.6 Å². The third kappa shape index (κ3) is 5.20. The molecule has 9 nitrogen and oxygen atoms in total. The first-order valence-electron chi connectivity index (χ1n) is 11.5. The summed E-state index contributed by atoms with van der Waals surface area (Å²) in [6.45, 7) is 1.52. The molecule has 0 saturated heterocycles. The zero-order valence-electron chi connectivity index (χ0n) is 19.4. The molecule has 0 aromatic heterocycles. The third-order valence-corrected chi connectivity index (χ3v) is 6.21. The number of ether oxygens (including phenoxy) is 4. The number of carboxylic acid groups (broad SMARTS) is 1. The molecule has 3 aromatic carbocycles. The van der Waals surface area contributed by atoms with Crippen LogP contribution in [0.2, 0.25) is 0 Å². The highest BCUT2D eigenvalue weighted by molar-refractivity contribution is 5.71. The van der Waals surface area contributed by atoms with Crippen molar-refractivity contribution < 1.29 is 28.8 Å². The molecule has 5 rings (SSSR count). The van der Waals surface area contributed by atoms with E-state index in [-0.39, 0.29) is 20.1 Å². The highest BCUT2D eigenvalue weighted by Crippen LogP contribution is 2.34. The first kappa shape index (κ1) is 23.5. The number of rotatable bonds is 10. The maximum atomic E-state index is 12.4. The van der Waals surface area contributed by atoms with Crippen LogP contribution in [0.1, 0.15) is 28.3 Å². The van der Waals surface area contributed by atoms with Gasteiger partial charge in [0.15, 0.2) is 23.0 Å². The zero-order chi connectivity index (χ0) is 24.9. The Morgan fingerprint density at radius 1 is 0.861 bits per heavy atom. The first-order valence-corrected chi connectivity index (χ1v) is 11.5. The van der Waals surface area contributed by atoms with Crippen LogP contribution in [-0.2, 0) is 17.9 Å². The molecule has 2 atom stereocenters. The van der Waals surface area contributed by atoms with Gasteiger partial charge in [0.1, 0.15) is 0 Å². The van der Waals surface area contributed by atoms with Gasteiger partial charge in [0.25, 0.3) is 0 Å². The number of carbonyl (C=O) groups is 1. The maximum Gasteiger partial charge on any atom is 0.309 e. The van der Waals surface area contributed by atoms with Gasteiger partial charge in [-0.3, -0.25) is 4.79 Å². The lowest BCUT2D eigenvalue weighted by Gasteiger charge is -2.26. The molecular weight excluding hydrogens is 462 g/mol. The predicted molar refractivity (Wildman–Crippen MR) is 129 cm³/mol. The maximum absolute atomic E-state index is 12.4. The largest absolute Gasteiger partial charge is 0.481 e. The molecule has 0 amide bonds. The summed E-state index contributed by atoms with van der Waals surface area (Å²) in [7, 11) is 0. The lowest BCUT2D eigenvalue weighted by molar-refractivity contribution is -0.142. The van der Waals surface area contributed by atoms with E-state index in [1.54, 1.807) is 24.3 Å². The third-order valence-electron chi connectivity index (χ3n) is 6.21. The Kier molecular flexibility index (Phi) is 6.89. The summed E-state index contributed by atoms with van der Waals surface area (Å²) in [6, 6.07) is 19.9. The molecule has 3 N–H and O–H groups in total. The molecule has 0 fully saturated rings. The van der Waals surface area contributed by atoms with Crippen molar-refractivity contribution in [1.82, 2.24) is 10.6 Å². The minimum atomic E-state index is -0.930. The van der Waals surface area contributed by atoms with Crippen LogP contribution in [0, 0.1) is 17.2 Å². The van der Waals surface area contributed by atoms with E-state index in [1.165, 1.54) is 0 Å². The highest BCUT2D eigenvalue weighted by Gasteiger charge is 2.29. The van der Waals surface area contributed by atoms with Gasteiger partial charge in [-0.15, -0.1) is 0 Å². The van der Waals surface area contributed by atoms with Crippen LogP contribution >= 0.6 is 0 Å². The fourth-order valence-corrected chi connectivity index (χ4v) is 4.31. The summed E-state index contributed by atoms with van der Waals surface area (Å²) < 4.78 is 21.6. The van der Waals surface area contributed by atoms with Crippen LogP contribution in [0.15, 0.2) is 60.7 Å². The van der Waals surface area contributed by atoms with E-state index in [2.05, 4.69) is 16.7 Å². The number of nitriles is 1. The molecule has 0 aliphatic carbocycles. The molecule has 0 saturated carbocycles. The van der Waals surface area contributed by atoms with E-state index >= 15 is 0 Å². The lowest BCUT2D eigenvalue weighted by atomic mass is 9.91. The number of nitrogens with one attached hydrogen (secondary N) is 2. The van der Waals surface area contributed by atoms with Crippen LogP contribution in [0.4, 0.5) is 0 Å². The van der Waals surface area contributed by atoms with E-state index < -0.39 is 17.9 Å². The Bertz CT molecular complexity index is 1290. The second kappa shape index (κ2) is 10.6. The van der Waals surface area contributed by atoms with Crippen molar-refractivity contribution in [2.75, 3.05) is 20.1 Å². The Balaban J connectivity index is 1.31. The molecule has 0 spiro atoms. The summed E-state index contributed by atoms with van der Waals surface area (Å²) >= 11 is 0. The molecule has 36 heavy (non-hydrogen) atoms. The normalized spacial score (nSPS) is 14.8. The van der Waals surface area contributed by atoms with E-state index in [9.17, 15) is 9.90 Å². The molecule has 184 valence electrons. The van der Waals surface area contributed by atoms with Crippen LogP contribution in [-0.4, -0.2) is 31.2 Å². The summed E-state index contributed by atoms with van der Waals surface area (Å²) in [4.78, 5) is 12.4. The quantitative estimate of drug-likeness (QED) is 0.395. The Morgan fingerprint density at radius 3 is 2.03 bits per heavy atom. The average molecular weight is 488 g/mol. The first-order chi connectivity index (χ1) is 17.6. The number of aliphatic carboxylic acids is 1. The standard InChI is InChI=1S/C27H25N3O6/c28-11-17-1-5-20(6-2-17)26(30-13-19-4-8-23-25(10-19)36-16-34-23)21(27(31)32)14-29-12-18-3-7-22-24(9-18)35-15-33-22/h1-10,21,26,29-30H,12-16H2,(H,31,32). The minimum absolute atomic E-state index is 0.191. The van der Waals surface area contributed by atoms with Crippen molar-refractivity contribution in [3.8, 4) is 29.1 Å². The second-order valence-corrected chi connectivity index (χ2v) is 8.54. The smallest absolute Gasteiger partial charge is 0.309 e. The number of carboxylic acids is 1. The van der Waals surface area contributed by atoms with Gasteiger partial charge >= 0.3 is 5.97 Å². The predicted octanol–water partition coefficient (Wildman–Crippen LogP) is 3.34. The zero-order valence-corrected chi connectivity index (χ0v) is 19.4. The molecule has 2 aliphatic rings. The monoisotopic (exact) mass is 487 g/mol. The van der Waals surface area contributed by atoms with Crippen LogP contribution in [0.5, 0.6) is 23.0 Å². The number of benzene rings is 3. The Hall–Kier alpha value is -4.26. The van der Waals surface area contributed by atoms with Gasteiger partial charge in [0, 0.05) is 25.7 Å². The molecular formula is C27H25N3O6. The number of hydrogen-bond donors (Lipinski definition) is 3. The van der Waals surface area contributed by atoms with E-state index in [1.807, 2.05) is 36.4 Å². The molecule has 0 bridgehead atoms. The Labute approximate surface area is 208 Å². The second-order valence-electron chi connectivity index (χ2n) is 8.54. The van der Waals surface area contributed by atoms with Gasteiger partial charge in [-0.2, -0.15) is 5.26 Å². The van der Waals surface area contributed by atoms with E-state index in [4.69, 9.17) is 24.2 Å². The summed E-state index contributed by atoms with van der Waals surface area (Å²) in [6.07, 6.45) is 0. The SMILES string of the molecule is N#Cc1ccc(C(NCc2ccc3c(c2)OCO3)C(CNCc2ccc3c(c2)OCO3)C(=O)O)cc1. The fraction of sp³-hybridized carbons (Fsp3) is 0.259. The minimum Gasteiger partial charge on any atom is -0.481 e. The number of hydrogen-bond acceptors (Lipinski definition) is 8. The van der Waals surface area contributed by atoms with Gasteiger partial charge in [0.2, 0.25) is 13.6 Å². The van der Waals surface area contributed by atoms with Crippen LogP contribution in [0.3, 0.4) is 0 Å². The Morgan fingerprint density at radius 2 is 1.44 bits per heavy atom. The lowest BCUT2D eigenvalue weighted by Crippen LogP contribution is -2.39. The van der Waals surface area contributed by atoms with Crippen molar-refractivity contribution in [2.45, 2.75) is 19.1 Å². The fourth-order valence-electron chi connectivity index (χ4n) is 4.31. The summed E-state index contributed by atoms with van der Waals surface area (Å²) in [5.74, 6) is 1.05. The van der Waals surface area contributed by atoms with Gasteiger partial charge in [-0.25, -0.2) is 0 Å². The molecule has 3 aromatic rings. The number of nitrogens with zero attached hydrogens (tertiary/aromatic N) is 1. The highest BCUT2D eigenvalue weighted by atomic mass is 16.7.